The van der Waals surface area contributed by atoms with Crippen molar-refractivity contribution in [3.05, 3.63) is 76.1 Å². The smallest absolute Gasteiger partial charge is 0.263 e. The number of halogens is 3. The van der Waals surface area contributed by atoms with E-state index in [1.165, 1.54) is 0 Å². The van der Waals surface area contributed by atoms with Gasteiger partial charge in [0.1, 0.15) is 17.3 Å². The number of phenolic OH excluding ortho intramolecular Hbond substituents is 1. The molecule has 0 spiro atoms. The largest absolute Gasteiger partial charge is 0.506 e. The first-order valence-electron chi connectivity index (χ1n) is 20.0. The molecule has 0 radical (unpaired) electrons. The highest BCUT2D eigenvalue weighted by Gasteiger charge is 2.56. The lowest BCUT2D eigenvalue weighted by atomic mass is 9.92. The number of imide groups is 1. The number of carbonyl (C=O) groups excluding carboxylic acids is 3. The van der Waals surface area contributed by atoms with Crippen LogP contribution in [0.5, 0.6) is 5.75 Å². The summed E-state index contributed by atoms with van der Waals surface area (Å²) in [5.41, 5.74) is 4.55. The number of hydrogen-bond donors (Lipinski definition) is 3. The first kappa shape index (κ1) is 37.0. The molecular weight excluding hydrogens is 770 g/mol. The van der Waals surface area contributed by atoms with Crippen LogP contribution in [-0.2, 0) is 29.1 Å². The van der Waals surface area contributed by atoms with Gasteiger partial charge in [-0.3, -0.25) is 29.3 Å². The first-order chi connectivity index (χ1) is 28.1. The van der Waals surface area contributed by atoms with Crippen LogP contribution in [0.15, 0.2) is 48.7 Å². The van der Waals surface area contributed by atoms with E-state index in [0.29, 0.717) is 53.8 Å². The molecule has 302 valence electrons. The number of benzene rings is 2. The third kappa shape index (κ3) is 6.14. The quantitative estimate of drug-likeness (QED) is 0.225. The molecule has 17 heteroatoms. The lowest BCUT2D eigenvalue weighted by Crippen LogP contribution is -2.57. The fourth-order valence-electron chi connectivity index (χ4n) is 10.1. The average molecular weight is 813 g/mol. The third-order valence-electron chi connectivity index (χ3n) is 13.2. The van der Waals surface area contributed by atoms with Gasteiger partial charge in [0, 0.05) is 99.7 Å². The second-order valence-electron chi connectivity index (χ2n) is 16.5. The van der Waals surface area contributed by atoms with Crippen LogP contribution in [0, 0.1) is 5.92 Å². The van der Waals surface area contributed by atoms with Crippen molar-refractivity contribution in [2.45, 2.75) is 75.7 Å². The fraction of sp³-hybridized carbons (Fsp3) is 0.463. The minimum Gasteiger partial charge on any atom is -0.506 e. The molecule has 2 aromatic carbocycles. The number of para-hydroxylation sites is 1. The molecule has 6 aliphatic rings. The lowest BCUT2D eigenvalue weighted by Gasteiger charge is -2.43. The summed E-state index contributed by atoms with van der Waals surface area (Å²) in [4.78, 5) is 45.7. The molecule has 3 atom stereocenters. The molecule has 10 rings (SSSR count). The number of aromatic hydroxyl groups is 1. The fourth-order valence-corrected chi connectivity index (χ4v) is 10.3. The first-order valence-corrected chi connectivity index (χ1v) is 20.4. The molecule has 6 aliphatic heterocycles. The van der Waals surface area contributed by atoms with Crippen LogP contribution < -0.4 is 20.4 Å². The zero-order chi connectivity index (χ0) is 39.9. The Morgan fingerprint density at radius 2 is 1.81 bits per heavy atom. The number of phenols is 1. The number of rotatable bonds is 7. The van der Waals surface area contributed by atoms with E-state index < -0.39 is 23.9 Å². The second kappa shape index (κ2) is 14.2. The summed E-state index contributed by atoms with van der Waals surface area (Å²) in [5, 5.41) is 29.7. The summed E-state index contributed by atoms with van der Waals surface area (Å²) in [5.74, 6) is -0.0598. The number of hydrogen-bond acceptors (Lipinski definition) is 11. The number of amides is 3. The van der Waals surface area contributed by atoms with Crippen LogP contribution in [0.2, 0.25) is 5.02 Å². The summed E-state index contributed by atoms with van der Waals surface area (Å²) in [7, 11) is 0. The number of nitrogens with one attached hydrogen (secondary N) is 2. The Morgan fingerprint density at radius 1 is 0.966 bits per heavy atom. The van der Waals surface area contributed by atoms with Crippen molar-refractivity contribution in [1.82, 2.24) is 35.1 Å². The second-order valence-corrected chi connectivity index (χ2v) is 17.0. The van der Waals surface area contributed by atoms with E-state index in [-0.39, 0.29) is 48.0 Å². The van der Waals surface area contributed by atoms with E-state index in [2.05, 4.69) is 36.7 Å². The van der Waals surface area contributed by atoms with Crippen molar-refractivity contribution in [3.8, 4) is 17.0 Å². The van der Waals surface area contributed by atoms with Crippen LogP contribution >= 0.6 is 11.6 Å². The molecule has 3 amide bonds. The van der Waals surface area contributed by atoms with Crippen molar-refractivity contribution in [2.24, 2.45) is 5.92 Å². The van der Waals surface area contributed by atoms with E-state index >= 15 is 8.78 Å². The Labute approximate surface area is 338 Å². The van der Waals surface area contributed by atoms with Gasteiger partial charge in [0.15, 0.2) is 5.82 Å². The molecule has 0 aliphatic carbocycles. The predicted octanol–water partition coefficient (Wildman–Crippen LogP) is 4.62. The summed E-state index contributed by atoms with van der Waals surface area (Å²) < 4.78 is 32.3. The van der Waals surface area contributed by atoms with Gasteiger partial charge in [0.05, 0.1) is 28.6 Å². The van der Waals surface area contributed by atoms with Gasteiger partial charge in [-0.1, -0.05) is 23.7 Å². The van der Waals surface area contributed by atoms with Gasteiger partial charge in [0.2, 0.25) is 11.8 Å². The van der Waals surface area contributed by atoms with E-state index in [4.69, 9.17) is 16.7 Å². The zero-order valence-electron chi connectivity index (χ0n) is 31.7. The van der Waals surface area contributed by atoms with Crippen molar-refractivity contribution >= 4 is 46.5 Å². The Bertz CT molecular complexity index is 2340. The van der Waals surface area contributed by atoms with Crippen molar-refractivity contribution < 1.29 is 28.3 Å². The Balaban J connectivity index is 0.780. The predicted molar refractivity (Wildman–Crippen MR) is 211 cm³/mol. The van der Waals surface area contributed by atoms with E-state index in [0.717, 1.165) is 74.5 Å². The molecule has 58 heavy (non-hydrogen) atoms. The van der Waals surface area contributed by atoms with Crippen LogP contribution in [0.1, 0.15) is 65.3 Å². The normalized spacial score (nSPS) is 24.8. The summed E-state index contributed by atoms with van der Waals surface area (Å²) in [6.45, 7) is 5.06. The molecule has 0 saturated carbocycles. The van der Waals surface area contributed by atoms with Crippen LogP contribution in [0.4, 0.5) is 26.0 Å². The number of anilines is 3. The number of fused-ring (bicyclic) bond motifs is 5. The molecule has 8 heterocycles. The topological polar surface area (TPSA) is 152 Å². The maximum Gasteiger partial charge on any atom is 0.263 e. The molecule has 14 nitrogen and oxygen atoms in total. The van der Waals surface area contributed by atoms with Gasteiger partial charge in [0.25, 0.3) is 12.3 Å². The van der Waals surface area contributed by atoms with Gasteiger partial charge < -0.3 is 25.1 Å². The molecule has 3 saturated heterocycles. The minimum absolute atomic E-state index is 0.0222. The SMILES string of the molecule is O=C1CC[C@H](N2Cc3ccc(N4CCC(CN5CCc6c(cnn6[C@H]6CN7c8cc(-c9cccc(Cl)c9O)nnc8NC[C@@]7(C(F)F)C6)C5)CC4)cc3C2=O)C(=O)N1. The van der Waals surface area contributed by atoms with E-state index in [1.54, 1.807) is 34.1 Å². The van der Waals surface area contributed by atoms with Crippen molar-refractivity contribution in [2.75, 3.05) is 54.4 Å². The Morgan fingerprint density at radius 3 is 2.62 bits per heavy atom. The highest BCUT2D eigenvalue weighted by atomic mass is 35.5. The number of piperidine rings is 2. The molecule has 0 unspecified atom stereocenters. The van der Waals surface area contributed by atoms with Crippen LogP contribution in [0.3, 0.4) is 0 Å². The molecule has 3 fully saturated rings. The molecule has 2 aromatic heterocycles. The highest BCUT2D eigenvalue weighted by Crippen LogP contribution is 2.49. The van der Waals surface area contributed by atoms with Crippen molar-refractivity contribution in [1.29, 1.82) is 0 Å². The number of alkyl halides is 2. The minimum atomic E-state index is -2.64. The van der Waals surface area contributed by atoms with Crippen molar-refractivity contribution in [3.63, 3.8) is 0 Å². The molecule has 0 bridgehead atoms. The number of nitrogens with zero attached hydrogens (tertiary/aromatic N) is 8. The summed E-state index contributed by atoms with van der Waals surface area (Å²) in [6, 6.07) is 11.8. The summed E-state index contributed by atoms with van der Waals surface area (Å²) in [6.07, 6.45) is 2.87. The Hall–Kier alpha value is -5.35. The summed E-state index contributed by atoms with van der Waals surface area (Å²) >= 11 is 6.16. The lowest BCUT2D eigenvalue weighted by molar-refractivity contribution is -0.136. The monoisotopic (exact) mass is 812 g/mol. The van der Waals surface area contributed by atoms with Gasteiger partial charge in [-0.05, 0) is 61.1 Å². The van der Waals surface area contributed by atoms with Gasteiger partial charge in [-0.2, -0.15) is 5.10 Å². The van der Waals surface area contributed by atoms with Gasteiger partial charge >= 0.3 is 0 Å². The van der Waals surface area contributed by atoms with Gasteiger partial charge in [-0.25, -0.2) is 8.78 Å². The highest BCUT2D eigenvalue weighted by molar-refractivity contribution is 6.32. The molecule has 3 N–H and O–H groups in total. The van der Waals surface area contributed by atoms with Gasteiger partial charge in [-0.15, -0.1) is 10.2 Å². The van der Waals surface area contributed by atoms with Crippen LogP contribution in [-0.4, -0.2) is 110 Å². The Kier molecular flexibility index (Phi) is 9.04. The number of carbonyl (C=O) groups is 3. The zero-order valence-corrected chi connectivity index (χ0v) is 32.5. The number of aromatic nitrogens is 4. The standard InChI is InChI=1S/C41H43ClF2N10O4/c42-30-3-1-2-28(36(30)56)31-15-34-37(49-48-31)45-22-41(40(43)44)16-27(21-53(34)41)54-32-10-11-50(19-25(32)17-46-54)18-23-8-12-51(13-9-23)26-5-4-24-20-52(39(58)29(24)14-26)33-6-7-35(55)47-38(33)57/h1-5,14-15,17,23,27,33,40,56H,6-13,16,18-22H2,(H,45,49)(H,47,55,57)/t27-,33+,41-/m1/s1. The molecule has 4 aromatic rings. The third-order valence-corrected chi connectivity index (χ3v) is 13.5. The van der Waals surface area contributed by atoms with Crippen LogP contribution in [0.25, 0.3) is 11.3 Å². The maximum atomic E-state index is 15.2. The average Bonchev–Trinajstić information content (AvgIpc) is 3.93. The molecular formula is C41H43ClF2N10O4. The van der Waals surface area contributed by atoms with E-state index in [1.807, 2.05) is 23.0 Å². The van der Waals surface area contributed by atoms with E-state index in [9.17, 15) is 19.5 Å². The maximum absolute atomic E-state index is 15.2.